The third-order valence-electron chi connectivity index (χ3n) is 5.27. The van der Waals surface area contributed by atoms with E-state index in [9.17, 15) is 14.4 Å². The molecule has 0 aromatic carbocycles. The van der Waals surface area contributed by atoms with Gasteiger partial charge in [-0.15, -0.1) is 0 Å². The van der Waals surface area contributed by atoms with Crippen molar-refractivity contribution in [2.45, 2.75) is 58.9 Å². The Morgan fingerprint density at radius 3 is 2.44 bits per heavy atom. The summed E-state index contributed by atoms with van der Waals surface area (Å²) in [7, 11) is -0.355. The van der Waals surface area contributed by atoms with Crippen LogP contribution in [-0.4, -0.2) is 72.0 Å². The van der Waals surface area contributed by atoms with Crippen molar-refractivity contribution in [2.24, 2.45) is 10.8 Å². The Morgan fingerprint density at radius 2 is 1.79 bits per heavy atom. The van der Waals surface area contributed by atoms with Gasteiger partial charge in [-0.05, 0) is 0 Å². The van der Waals surface area contributed by atoms with Crippen LogP contribution in [0.4, 0.5) is 9.59 Å². The molecule has 0 aromatic heterocycles. The Balaban J connectivity index is 2.40. The van der Waals surface area contributed by atoms with Gasteiger partial charge in [-0.2, -0.15) is 0 Å². The van der Waals surface area contributed by atoms with Gasteiger partial charge in [-0.1, -0.05) is 6.58 Å². The first-order valence-corrected chi connectivity index (χ1v) is 19.6. The van der Waals surface area contributed by atoms with E-state index in [1.165, 1.54) is 16.2 Å². The van der Waals surface area contributed by atoms with Gasteiger partial charge in [0.25, 0.3) is 0 Å². The predicted molar refractivity (Wildman–Crippen MR) is 140 cm³/mol. The first kappa shape index (κ1) is 31.4. The van der Waals surface area contributed by atoms with E-state index >= 15 is 0 Å². The van der Waals surface area contributed by atoms with E-state index in [0.29, 0.717) is 13.0 Å². The number of carbonyl (C=O) groups is 3. The first-order valence-electron chi connectivity index (χ1n) is 11.7. The molecule has 0 radical (unpaired) electrons. The van der Waals surface area contributed by atoms with Crippen LogP contribution in [0.2, 0.25) is 0 Å². The molecule has 0 aliphatic heterocycles. The summed E-state index contributed by atoms with van der Waals surface area (Å²) in [5, 5.41) is 6.16. The predicted octanol–water partition coefficient (Wildman–Crippen LogP) is 1.95. The SMILES string of the molecule is C=CC(=O)OCCCOC(=O)NC1CC(C)(C)CC(C)(CNC(=O)SCCC[I-]S(C)(C)C)C1. The number of hydrogen-bond donors (Lipinski definition) is 2. The summed E-state index contributed by atoms with van der Waals surface area (Å²) in [5.41, 5.74) is -0.0590. The molecule has 200 valence electrons. The van der Waals surface area contributed by atoms with Gasteiger partial charge < -0.3 is 9.47 Å². The number of nitrogens with one attached hydrogen (secondary N) is 2. The van der Waals surface area contributed by atoms with Crippen LogP contribution in [0.3, 0.4) is 0 Å². The summed E-state index contributed by atoms with van der Waals surface area (Å²) in [5.74, 6) is 0.396. The van der Waals surface area contributed by atoms with Gasteiger partial charge in [0, 0.05) is 12.5 Å². The van der Waals surface area contributed by atoms with E-state index in [-0.39, 0.29) is 62.3 Å². The van der Waals surface area contributed by atoms with Crippen molar-refractivity contribution in [1.82, 2.24) is 10.6 Å². The second kappa shape index (κ2) is 14.8. The molecule has 2 amide bonds. The zero-order valence-corrected chi connectivity index (χ0v) is 25.5. The van der Waals surface area contributed by atoms with Crippen LogP contribution in [0, 0.1) is 10.8 Å². The van der Waals surface area contributed by atoms with Crippen molar-refractivity contribution in [3.8, 4) is 0 Å². The molecule has 0 spiro atoms. The van der Waals surface area contributed by atoms with Gasteiger partial charge in [-0.3, -0.25) is 0 Å². The fourth-order valence-corrected chi connectivity index (χ4v) is 11.4. The fraction of sp³-hybridized carbons (Fsp3) is 0.792. The average molecular weight is 632 g/mol. The quantitative estimate of drug-likeness (QED) is 0.106. The third kappa shape index (κ3) is 14.7. The van der Waals surface area contributed by atoms with E-state index in [2.05, 4.69) is 56.8 Å². The molecule has 2 N–H and O–H groups in total. The van der Waals surface area contributed by atoms with E-state index in [0.717, 1.165) is 37.5 Å². The van der Waals surface area contributed by atoms with Crippen LogP contribution in [0.15, 0.2) is 12.7 Å². The van der Waals surface area contributed by atoms with Crippen LogP contribution in [-0.2, 0) is 14.3 Å². The number of carbonyl (C=O) groups excluding carboxylic acids is 3. The maximum atomic E-state index is 12.4. The van der Waals surface area contributed by atoms with Gasteiger partial charge in [0.1, 0.15) is 0 Å². The number of halogens is 1. The average Bonchev–Trinajstić information content (AvgIpc) is 2.69. The molecule has 0 saturated heterocycles. The number of hydrogen-bond acceptors (Lipinski definition) is 6. The van der Waals surface area contributed by atoms with Crippen molar-refractivity contribution < 1.29 is 43.7 Å². The molecule has 0 bridgehead atoms. The summed E-state index contributed by atoms with van der Waals surface area (Å²) in [4.78, 5) is 35.7. The topological polar surface area (TPSA) is 93.7 Å². The number of thioether (sulfide) groups is 1. The van der Waals surface area contributed by atoms with Crippen LogP contribution in [0.5, 0.6) is 0 Å². The molecule has 34 heavy (non-hydrogen) atoms. The number of ether oxygens (including phenoxy) is 2. The van der Waals surface area contributed by atoms with Gasteiger partial charge in [0.2, 0.25) is 0 Å². The van der Waals surface area contributed by atoms with Gasteiger partial charge in [-0.25, -0.2) is 9.59 Å². The van der Waals surface area contributed by atoms with Gasteiger partial charge in [0.15, 0.2) is 0 Å². The second-order valence-electron chi connectivity index (χ2n) is 10.6. The number of esters is 1. The number of rotatable bonds is 13. The third-order valence-corrected chi connectivity index (χ3v) is 14.7. The Kier molecular flexibility index (Phi) is 13.7. The number of alkyl carbamates (subject to hydrolysis) is 1. The molecule has 1 saturated carbocycles. The summed E-state index contributed by atoms with van der Waals surface area (Å²) >= 11 is 1.65. The van der Waals surface area contributed by atoms with Crippen molar-refractivity contribution in [3.05, 3.63) is 12.7 Å². The van der Waals surface area contributed by atoms with E-state index < -0.39 is 12.1 Å². The molecule has 0 heterocycles. The molecule has 0 aromatic rings. The minimum absolute atomic E-state index is 0.0202. The van der Waals surface area contributed by atoms with E-state index in [4.69, 9.17) is 9.47 Å². The number of alkyl halides is 1. The van der Waals surface area contributed by atoms with Crippen molar-refractivity contribution in [2.75, 3.05) is 48.7 Å². The van der Waals surface area contributed by atoms with E-state index in [1.54, 1.807) is 0 Å². The van der Waals surface area contributed by atoms with E-state index in [1.807, 2.05) is 0 Å². The van der Waals surface area contributed by atoms with Crippen LogP contribution < -0.4 is 30.5 Å². The maximum absolute atomic E-state index is 12.4. The first-order chi connectivity index (χ1) is 15.7. The summed E-state index contributed by atoms with van der Waals surface area (Å²) in [6.07, 6.45) is 11.9. The zero-order valence-electron chi connectivity index (χ0n) is 21.7. The van der Waals surface area contributed by atoms with Gasteiger partial charge in [0.05, 0.1) is 13.2 Å². The van der Waals surface area contributed by atoms with Gasteiger partial charge >= 0.3 is 170 Å². The molecular formula is C24H44IN2O5S2-. The second-order valence-corrected chi connectivity index (χ2v) is 26.1. The van der Waals surface area contributed by atoms with Crippen LogP contribution in [0.25, 0.3) is 0 Å². The molecule has 1 fully saturated rings. The Labute approximate surface area is 220 Å². The molecule has 2 unspecified atom stereocenters. The van der Waals surface area contributed by atoms with Crippen molar-refractivity contribution in [1.29, 1.82) is 0 Å². The zero-order chi connectivity index (χ0) is 25.8. The fourth-order valence-electron chi connectivity index (χ4n) is 4.38. The molecule has 2 atom stereocenters. The molecule has 1 rings (SSSR count). The molecule has 1 aliphatic rings. The summed E-state index contributed by atoms with van der Waals surface area (Å²) in [6, 6.07) is -0.0202. The minimum atomic E-state index is -0.485. The van der Waals surface area contributed by atoms with Crippen LogP contribution in [0.1, 0.15) is 52.9 Å². The molecular weight excluding hydrogens is 587 g/mol. The van der Waals surface area contributed by atoms with Crippen molar-refractivity contribution in [3.63, 3.8) is 0 Å². The molecule has 1 aliphatic carbocycles. The normalized spacial score (nSPS) is 22.5. The Bertz CT molecular complexity index is 699. The standard InChI is InChI=1S/C24H44IN2O5S2/c1-8-20(28)31-12-10-13-32-21(29)27-19-15-23(2,3)17-24(4,16-19)18-26-22(30)33-14-9-11-25-34(5,6)7/h8,19H,1,9-18H2,2-7H3,(H,26,30)(H,27,29)/q-1. The monoisotopic (exact) mass is 631 g/mol. The van der Waals surface area contributed by atoms with Crippen molar-refractivity contribution >= 4 is 36.3 Å². The summed E-state index contributed by atoms with van der Waals surface area (Å²) < 4.78 is 11.4. The van der Waals surface area contributed by atoms with Crippen LogP contribution >= 0.6 is 19.0 Å². The Morgan fingerprint density at radius 1 is 1.12 bits per heavy atom. The Hall–Kier alpha value is -0.620. The molecule has 7 nitrogen and oxygen atoms in total. The number of amides is 2. The molecule has 10 heteroatoms. The summed E-state index contributed by atoms with van der Waals surface area (Å²) in [6.45, 7) is 10.9.